The topological polar surface area (TPSA) is 24.9 Å². The van der Waals surface area contributed by atoms with Gasteiger partial charge in [-0.2, -0.15) is 0 Å². The zero-order valence-corrected chi connectivity index (χ0v) is 8.84. The Morgan fingerprint density at radius 1 is 1.57 bits per heavy atom. The van der Waals surface area contributed by atoms with E-state index in [4.69, 9.17) is 0 Å². The van der Waals surface area contributed by atoms with Crippen molar-refractivity contribution >= 4 is 27.2 Å². The second kappa shape index (κ2) is 3.80. The fourth-order valence-electron chi connectivity index (χ4n) is 1.29. The average Bonchev–Trinajstić information content (AvgIpc) is 2.66. The van der Waals surface area contributed by atoms with E-state index < -0.39 is 0 Å². The van der Waals surface area contributed by atoms with Crippen LogP contribution in [0.25, 0.3) is 10.2 Å². The van der Waals surface area contributed by atoms with Crippen LogP contribution in [-0.2, 0) is 0 Å². The number of thiophene rings is 1. The number of aromatic nitrogens is 1. The highest BCUT2D eigenvalue weighted by Gasteiger charge is 2.03. The lowest BCUT2D eigenvalue weighted by Gasteiger charge is -2.10. The quantitative estimate of drug-likeness (QED) is 0.776. The molecule has 0 amide bonds. The molecular formula is C11H12N2S. The lowest BCUT2D eigenvalue weighted by molar-refractivity contribution is 1.00. The molecule has 14 heavy (non-hydrogen) atoms. The Balaban J connectivity index is 2.41. The van der Waals surface area contributed by atoms with Gasteiger partial charge in [-0.3, -0.25) is 4.98 Å². The number of anilines is 1. The Hall–Kier alpha value is -1.35. The van der Waals surface area contributed by atoms with Crippen LogP contribution in [0.4, 0.5) is 5.69 Å². The van der Waals surface area contributed by atoms with E-state index in [0.717, 1.165) is 11.2 Å². The second-order valence-electron chi connectivity index (χ2n) is 3.16. The molecule has 1 atom stereocenters. The highest BCUT2D eigenvalue weighted by Crippen LogP contribution is 2.27. The lowest BCUT2D eigenvalue weighted by atomic mass is 10.3. The number of pyridine rings is 1. The first-order valence-corrected chi connectivity index (χ1v) is 5.40. The zero-order valence-electron chi connectivity index (χ0n) is 8.03. The molecule has 0 aliphatic rings. The van der Waals surface area contributed by atoms with E-state index in [-0.39, 0.29) is 6.04 Å². The molecule has 1 unspecified atom stereocenters. The van der Waals surface area contributed by atoms with Gasteiger partial charge in [-0.05, 0) is 24.4 Å². The summed E-state index contributed by atoms with van der Waals surface area (Å²) in [6.07, 6.45) is 3.72. The summed E-state index contributed by atoms with van der Waals surface area (Å²) in [6, 6.07) is 4.31. The summed E-state index contributed by atoms with van der Waals surface area (Å²) in [6.45, 7) is 5.83. The molecule has 0 aliphatic carbocycles. The molecule has 2 aromatic heterocycles. The molecule has 2 nitrogen and oxygen atoms in total. The molecule has 0 aromatic carbocycles. The van der Waals surface area contributed by atoms with Crippen molar-refractivity contribution in [3.8, 4) is 0 Å². The Morgan fingerprint density at radius 2 is 2.43 bits per heavy atom. The molecule has 0 fully saturated rings. The number of nitrogens with one attached hydrogen (secondary N) is 1. The molecular weight excluding hydrogens is 192 g/mol. The normalized spacial score (nSPS) is 12.6. The monoisotopic (exact) mass is 204 g/mol. The standard InChI is InChI=1S/C11H12N2S/c1-3-8(2)13-10-4-6-12-9-5-7-14-11(9)10/h3-8H,1H2,2H3,(H,12,13). The van der Waals surface area contributed by atoms with Gasteiger partial charge in [0.05, 0.1) is 15.9 Å². The van der Waals surface area contributed by atoms with Gasteiger partial charge in [0, 0.05) is 12.2 Å². The number of nitrogens with zero attached hydrogens (tertiary/aromatic N) is 1. The van der Waals surface area contributed by atoms with Crippen LogP contribution < -0.4 is 5.32 Å². The maximum atomic E-state index is 4.28. The molecule has 1 N–H and O–H groups in total. The minimum absolute atomic E-state index is 0.280. The van der Waals surface area contributed by atoms with Crippen LogP contribution in [0, 0.1) is 0 Å². The molecule has 0 saturated carbocycles. The molecule has 0 spiro atoms. The van der Waals surface area contributed by atoms with Crippen LogP contribution >= 0.6 is 11.3 Å². The summed E-state index contributed by atoms with van der Waals surface area (Å²) in [5, 5.41) is 5.43. The molecule has 72 valence electrons. The van der Waals surface area contributed by atoms with Crippen molar-refractivity contribution in [3.05, 3.63) is 36.4 Å². The summed E-state index contributed by atoms with van der Waals surface area (Å²) in [7, 11) is 0. The van der Waals surface area contributed by atoms with E-state index >= 15 is 0 Å². The molecule has 0 radical (unpaired) electrons. The minimum Gasteiger partial charge on any atom is -0.378 e. The number of fused-ring (bicyclic) bond motifs is 1. The van der Waals surface area contributed by atoms with Gasteiger partial charge in [-0.25, -0.2) is 0 Å². The molecule has 0 bridgehead atoms. The minimum atomic E-state index is 0.280. The van der Waals surface area contributed by atoms with Gasteiger partial charge in [-0.1, -0.05) is 6.08 Å². The van der Waals surface area contributed by atoms with Gasteiger partial charge in [0.1, 0.15) is 0 Å². The molecule has 2 heterocycles. The summed E-state index contributed by atoms with van der Waals surface area (Å²) in [5.74, 6) is 0. The Bertz CT molecular complexity index is 447. The first-order valence-electron chi connectivity index (χ1n) is 4.52. The van der Waals surface area contributed by atoms with E-state index in [0.29, 0.717) is 0 Å². The van der Waals surface area contributed by atoms with Crippen LogP contribution in [0.15, 0.2) is 36.4 Å². The Kier molecular flexibility index (Phi) is 2.50. The van der Waals surface area contributed by atoms with E-state index in [1.165, 1.54) is 4.70 Å². The molecule has 3 heteroatoms. The Morgan fingerprint density at radius 3 is 3.21 bits per heavy atom. The predicted octanol–water partition coefficient (Wildman–Crippen LogP) is 3.28. The molecule has 2 aromatic rings. The van der Waals surface area contributed by atoms with Crippen LogP contribution in [0.1, 0.15) is 6.92 Å². The third kappa shape index (κ3) is 1.63. The second-order valence-corrected chi connectivity index (χ2v) is 4.08. The smallest absolute Gasteiger partial charge is 0.0830 e. The molecule has 2 rings (SSSR count). The Labute approximate surface area is 87.3 Å². The van der Waals surface area contributed by atoms with E-state index in [1.807, 2.05) is 24.4 Å². The van der Waals surface area contributed by atoms with Gasteiger partial charge >= 0.3 is 0 Å². The van der Waals surface area contributed by atoms with Crippen molar-refractivity contribution < 1.29 is 0 Å². The largest absolute Gasteiger partial charge is 0.378 e. The van der Waals surface area contributed by atoms with E-state index in [9.17, 15) is 0 Å². The predicted molar refractivity (Wildman–Crippen MR) is 62.9 cm³/mol. The van der Waals surface area contributed by atoms with E-state index in [2.05, 4.69) is 29.2 Å². The SMILES string of the molecule is C=CC(C)Nc1ccnc2ccsc12. The van der Waals surface area contributed by atoms with Crippen molar-refractivity contribution in [1.29, 1.82) is 0 Å². The van der Waals surface area contributed by atoms with Crippen LogP contribution in [-0.4, -0.2) is 11.0 Å². The first kappa shape index (κ1) is 9.21. The first-order chi connectivity index (χ1) is 6.81. The van der Waals surface area contributed by atoms with Crippen molar-refractivity contribution in [3.63, 3.8) is 0 Å². The molecule has 0 aliphatic heterocycles. The zero-order chi connectivity index (χ0) is 9.97. The van der Waals surface area contributed by atoms with Gasteiger partial charge in [0.15, 0.2) is 0 Å². The van der Waals surface area contributed by atoms with Crippen molar-refractivity contribution in [2.24, 2.45) is 0 Å². The summed E-state index contributed by atoms with van der Waals surface area (Å²) in [5.41, 5.74) is 2.19. The van der Waals surface area contributed by atoms with Gasteiger partial charge < -0.3 is 5.32 Å². The highest BCUT2D eigenvalue weighted by molar-refractivity contribution is 7.17. The van der Waals surface area contributed by atoms with Gasteiger partial charge in [0.25, 0.3) is 0 Å². The van der Waals surface area contributed by atoms with Crippen LogP contribution in [0.2, 0.25) is 0 Å². The maximum Gasteiger partial charge on any atom is 0.0830 e. The van der Waals surface area contributed by atoms with Crippen LogP contribution in [0.5, 0.6) is 0 Å². The highest BCUT2D eigenvalue weighted by atomic mass is 32.1. The number of rotatable bonds is 3. The third-order valence-electron chi connectivity index (χ3n) is 2.08. The van der Waals surface area contributed by atoms with Gasteiger partial charge in [-0.15, -0.1) is 17.9 Å². The fourth-order valence-corrected chi connectivity index (χ4v) is 2.12. The van der Waals surface area contributed by atoms with Crippen molar-refractivity contribution in [2.75, 3.05) is 5.32 Å². The average molecular weight is 204 g/mol. The summed E-state index contributed by atoms with van der Waals surface area (Å²) < 4.78 is 1.21. The summed E-state index contributed by atoms with van der Waals surface area (Å²) >= 11 is 1.71. The summed E-state index contributed by atoms with van der Waals surface area (Å²) in [4.78, 5) is 4.28. The van der Waals surface area contributed by atoms with Crippen molar-refractivity contribution in [2.45, 2.75) is 13.0 Å². The maximum absolute atomic E-state index is 4.28. The molecule has 0 saturated heterocycles. The number of hydrogen-bond donors (Lipinski definition) is 1. The van der Waals surface area contributed by atoms with Crippen LogP contribution in [0.3, 0.4) is 0 Å². The van der Waals surface area contributed by atoms with E-state index in [1.54, 1.807) is 11.3 Å². The van der Waals surface area contributed by atoms with Gasteiger partial charge in [0.2, 0.25) is 0 Å². The fraction of sp³-hybridized carbons (Fsp3) is 0.182. The third-order valence-corrected chi connectivity index (χ3v) is 3.02. The van der Waals surface area contributed by atoms with Crippen molar-refractivity contribution in [1.82, 2.24) is 4.98 Å². The lowest BCUT2D eigenvalue weighted by Crippen LogP contribution is -2.11. The number of hydrogen-bond acceptors (Lipinski definition) is 3.